The molecule has 0 amide bonds. The number of nitrogens with zero attached hydrogens (tertiary/aromatic N) is 2. The van der Waals surface area contributed by atoms with Crippen LogP contribution in [-0.2, 0) is 4.79 Å². The van der Waals surface area contributed by atoms with E-state index in [0.29, 0.717) is 17.4 Å². The molecule has 10 heteroatoms. The fraction of sp³-hybridized carbons (Fsp3) is 0.531. The third kappa shape index (κ3) is 7.99. The number of halogens is 4. The lowest BCUT2D eigenvalue weighted by atomic mass is 9.87. The maximum absolute atomic E-state index is 10.4. The van der Waals surface area contributed by atoms with E-state index < -0.39 is 12.5 Å². The van der Waals surface area contributed by atoms with E-state index in [9.17, 15) is 13.2 Å². The number of nitrogens with one attached hydrogen (secondary N) is 1. The van der Waals surface area contributed by atoms with Gasteiger partial charge in [0.2, 0.25) is 6.29 Å². The molecule has 3 heterocycles. The van der Waals surface area contributed by atoms with Crippen molar-refractivity contribution >= 4 is 28.8 Å². The van der Waals surface area contributed by atoms with Crippen LogP contribution < -0.4 is 9.47 Å². The maximum Gasteiger partial charge on any atom is 0.446 e. The van der Waals surface area contributed by atoms with Crippen LogP contribution >= 0.6 is 11.6 Å². The zero-order valence-corrected chi connectivity index (χ0v) is 25.5. The molecule has 0 bridgehead atoms. The summed E-state index contributed by atoms with van der Waals surface area (Å²) in [6.07, 6.45) is -0.611. The standard InChI is InChI=1S/C30H40ClN3O2.C2HF3O/c1-20(2)19-33-13-11-24(12-14-33)34-15-9-21(10-16-34)22-5-7-26-25(17-22)29(31)30(32-26)23-6-8-27(35-3)28(18-23)36-4;3-2(4,5)1-6/h5-8,17-18,20-21,24,32H,9-16,19H2,1-4H3;1H. The van der Waals surface area contributed by atoms with Crippen molar-refractivity contribution in [1.82, 2.24) is 14.8 Å². The number of carbonyl (C=O) groups excluding carboxylic acids is 1. The predicted octanol–water partition coefficient (Wildman–Crippen LogP) is 7.55. The number of alkyl halides is 3. The van der Waals surface area contributed by atoms with Crippen molar-refractivity contribution in [3.8, 4) is 22.8 Å². The summed E-state index contributed by atoms with van der Waals surface area (Å²) < 4.78 is 42.1. The van der Waals surface area contributed by atoms with Crippen molar-refractivity contribution in [3.63, 3.8) is 0 Å². The number of aromatic nitrogens is 1. The van der Waals surface area contributed by atoms with E-state index in [-0.39, 0.29) is 0 Å². The Bertz CT molecular complexity index is 1330. The highest BCUT2D eigenvalue weighted by Crippen LogP contribution is 2.40. The number of hydrogen-bond acceptors (Lipinski definition) is 5. The minimum absolute atomic E-state index is 0.599. The van der Waals surface area contributed by atoms with Crippen LogP contribution in [0.15, 0.2) is 36.4 Å². The molecule has 2 fully saturated rings. The second-order valence-electron chi connectivity index (χ2n) is 11.6. The van der Waals surface area contributed by atoms with Crippen molar-refractivity contribution in [3.05, 3.63) is 47.0 Å². The molecule has 1 N–H and O–H groups in total. The number of benzene rings is 2. The molecule has 230 valence electrons. The normalized spacial score (nSPS) is 17.7. The minimum Gasteiger partial charge on any atom is -0.493 e. The van der Waals surface area contributed by atoms with Crippen LogP contribution in [0.25, 0.3) is 22.2 Å². The molecule has 0 spiro atoms. The quantitative estimate of drug-likeness (QED) is 0.281. The van der Waals surface area contributed by atoms with Gasteiger partial charge in [-0.15, -0.1) is 0 Å². The Morgan fingerprint density at radius 1 is 0.976 bits per heavy atom. The molecule has 5 rings (SSSR count). The molecule has 0 radical (unpaired) electrons. The summed E-state index contributed by atoms with van der Waals surface area (Å²) in [6, 6.07) is 13.5. The van der Waals surface area contributed by atoms with E-state index in [1.54, 1.807) is 14.2 Å². The zero-order chi connectivity index (χ0) is 30.4. The van der Waals surface area contributed by atoms with E-state index >= 15 is 0 Å². The maximum atomic E-state index is 10.4. The lowest BCUT2D eigenvalue weighted by Crippen LogP contribution is -2.48. The largest absolute Gasteiger partial charge is 0.493 e. The van der Waals surface area contributed by atoms with Gasteiger partial charge in [-0.3, -0.25) is 4.79 Å². The molecule has 1 aromatic heterocycles. The molecule has 0 unspecified atom stereocenters. The first-order valence-corrected chi connectivity index (χ1v) is 14.9. The van der Waals surface area contributed by atoms with Crippen LogP contribution in [0.3, 0.4) is 0 Å². The van der Waals surface area contributed by atoms with Gasteiger partial charge in [-0.05, 0) is 99.6 Å². The topological polar surface area (TPSA) is 57.8 Å². The number of methoxy groups -OCH3 is 2. The molecule has 3 aromatic rings. The Morgan fingerprint density at radius 2 is 1.62 bits per heavy atom. The SMILES string of the molecule is COc1ccc(-c2[nH]c3ccc(C4CCN(C5CCN(CC(C)C)CC5)CC4)cc3c2Cl)cc1OC.O=CC(F)(F)F. The number of aldehydes is 1. The Hall–Kier alpha value is -2.75. The zero-order valence-electron chi connectivity index (χ0n) is 24.8. The lowest BCUT2D eigenvalue weighted by Gasteiger charge is -2.42. The van der Waals surface area contributed by atoms with Gasteiger partial charge in [0.25, 0.3) is 0 Å². The van der Waals surface area contributed by atoms with Gasteiger partial charge in [-0.2, -0.15) is 13.2 Å². The summed E-state index contributed by atoms with van der Waals surface area (Å²) >= 11 is 6.92. The van der Waals surface area contributed by atoms with E-state index in [2.05, 4.69) is 46.8 Å². The number of hydrogen-bond donors (Lipinski definition) is 1. The van der Waals surface area contributed by atoms with Crippen LogP contribution in [0.4, 0.5) is 13.2 Å². The van der Waals surface area contributed by atoms with Gasteiger partial charge in [0.1, 0.15) is 0 Å². The van der Waals surface area contributed by atoms with Gasteiger partial charge in [0, 0.05) is 29.1 Å². The number of ether oxygens (including phenoxy) is 2. The average molecular weight is 608 g/mol. The number of H-pyrrole nitrogens is 1. The average Bonchev–Trinajstić information content (AvgIpc) is 3.32. The lowest BCUT2D eigenvalue weighted by molar-refractivity contribution is -0.156. The van der Waals surface area contributed by atoms with Crippen molar-refractivity contribution in [2.45, 2.75) is 57.7 Å². The molecule has 6 nitrogen and oxygen atoms in total. The summed E-state index contributed by atoms with van der Waals surface area (Å²) in [6.45, 7) is 10.8. The Kier molecular flexibility index (Phi) is 10.8. The first-order chi connectivity index (χ1) is 20.0. The number of rotatable bonds is 7. The van der Waals surface area contributed by atoms with Gasteiger partial charge in [0.15, 0.2) is 11.5 Å². The van der Waals surface area contributed by atoms with Gasteiger partial charge < -0.3 is 24.3 Å². The molecular formula is C32H41ClF3N3O3. The third-order valence-electron chi connectivity index (χ3n) is 8.26. The van der Waals surface area contributed by atoms with Crippen molar-refractivity contribution < 1.29 is 27.4 Å². The van der Waals surface area contributed by atoms with Crippen molar-refractivity contribution in [2.75, 3.05) is 46.9 Å². The second kappa shape index (κ2) is 14.1. The molecule has 2 saturated heterocycles. The molecule has 2 aliphatic rings. The summed E-state index contributed by atoms with van der Waals surface area (Å²) in [7, 11) is 3.30. The summed E-state index contributed by atoms with van der Waals surface area (Å²) in [4.78, 5) is 17.6. The first-order valence-electron chi connectivity index (χ1n) is 14.6. The van der Waals surface area contributed by atoms with Gasteiger partial charge >= 0.3 is 6.18 Å². The van der Waals surface area contributed by atoms with Crippen molar-refractivity contribution in [2.24, 2.45) is 5.92 Å². The van der Waals surface area contributed by atoms with E-state index in [1.807, 2.05) is 18.2 Å². The van der Waals surface area contributed by atoms with Gasteiger partial charge in [-0.1, -0.05) is 31.5 Å². The number of fused-ring (bicyclic) bond motifs is 1. The van der Waals surface area contributed by atoms with Gasteiger partial charge in [-0.25, -0.2) is 0 Å². The highest BCUT2D eigenvalue weighted by Gasteiger charge is 2.29. The summed E-state index contributed by atoms with van der Waals surface area (Å²) in [5.41, 5.74) is 4.39. The molecule has 2 aromatic carbocycles. The third-order valence-corrected chi connectivity index (χ3v) is 8.66. The number of likely N-dealkylation sites (tertiary alicyclic amines) is 2. The highest BCUT2D eigenvalue weighted by molar-refractivity contribution is 6.38. The smallest absolute Gasteiger partial charge is 0.446 e. The Labute approximate surface area is 251 Å². The van der Waals surface area contributed by atoms with Crippen LogP contribution in [0.5, 0.6) is 11.5 Å². The number of aromatic amines is 1. The monoisotopic (exact) mass is 607 g/mol. The van der Waals surface area contributed by atoms with Crippen LogP contribution in [0.1, 0.15) is 51.0 Å². The molecule has 0 atom stereocenters. The fourth-order valence-electron chi connectivity index (χ4n) is 6.20. The summed E-state index contributed by atoms with van der Waals surface area (Å²) in [5.74, 6) is 2.77. The Morgan fingerprint density at radius 3 is 2.19 bits per heavy atom. The van der Waals surface area contributed by atoms with Crippen molar-refractivity contribution in [1.29, 1.82) is 0 Å². The minimum atomic E-state index is -4.64. The molecule has 0 saturated carbocycles. The van der Waals surface area contributed by atoms with E-state index in [4.69, 9.17) is 25.9 Å². The highest BCUT2D eigenvalue weighted by atomic mass is 35.5. The number of piperidine rings is 2. The second-order valence-corrected chi connectivity index (χ2v) is 12.0. The van der Waals surface area contributed by atoms with Crippen LogP contribution in [-0.4, -0.2) is 80.2 Å². The first kappa shape index (κ1) is 32.2. The molecule has 42 heavy (non-hydrogen) atoms. The van der Waals surface area contributed by atoms with Crippen LogP contribution in [0.2, 0.25) is 5.02 Å². The predicted molar refractivity (Wildman–Crippen MR) is 162 cm³/mol. The molecule has 2 aliphatic heterocycles. The van der Waals surface area contributed by atoms with Crippen LogP contribution in [0, 0.1) is 5.92 Å². The Balaban J connectivity index is 0.000000612. The molecular weight excluding hydrogens is 567 g/mol. The molecule has 0 aliphatic carbocycles. The van der Waals surface area contributed by atoms with E-state index in [0.717, 1.165) is 39.1 Å². The van der Waals surface area contributed by atoms with Gasteiger partial charge in [0.05, 0.1) is 24.9 Å². The number of carbonyl (C=O) groups is 1. The fourth-order valence-corrected chi connectivity index (χ4v) is 6.52. The van der Waals surface area contributed by atoms with E-state index in [1.165, 1.54) is 64.0 Å². The summed E-state index contributed by atoms with van der Waals surface area (Å²) in [5, 5.41) is 1.86.